The van der Waals surface area contributed by atoms with Crippen LogP contribution >= 0.6 is 0 Å². The van der Waals surface area contributed by atoms with E-state index in [1.54, 1.807) is 12.1 Å². The number of hydrogen-bond donors (Lipinski definition) is 1. The highest BCUT2D eigenvalue weighted by molar-refractivity contribution is 5.99. The van der Waals surface area contributed by atoms with Crippen LogP contribution in [-0.4, -0.2) is 5.91 Å². The maximum absolute atomic E-state index is 13.5. The van der Waals surface area contributed by atoms with Gasteiger partial charge < -0.3 is 5.32 Å². The van der Waals surface area contributed by atoms with E-state index in [1.807, 2.05) is 13.8 Å². The number of fused-ring (bicyclic) bond motifs is 1. The zero-order chi connectivity index (χ0) is 10.3. The third-order valence-corrected chi connectivity index (χ3v) is 2.56. The van der Waals surface area contributed by atoms with E-state index in [0.29, 0.717) is 11.1 Å². The molecular weight excluding hydrogens is 181 g/mol. The minimum absolute atomic E-state index is 0.168. The van der Waals surface area contributed by atoms with E-state index < -0.39 is 0 Å². The first-order valence-electron chi connectivity index (χ1n) is 4.70. The predicted octanol–water partition coefficient (Wildman–Crippen LogP) is 2.27. The SMILES string of the molecule is CC(C)C1NC(=O)c2cccc(F)c21. The standard InChI is InChI=1S/C11H12FNO/c1-6(2)10-9-7(11(14)13-10)4-3-5-8(9)12/h3-6,10H,1-2H3,(H,13,14). The van der Waals surface area contributed by atoms with Crippen LogP contribution in [0.15, 0.2) is 18.2 Å². The zero-order valence-corrected chi connectivity index (χ0v) is 8.17. The van der Waals surface area contributed by atoms with Gasteiger partial charge in [-0.15, -0.1) is 0 Å². The van der Waals surface area contributed by atoms with Crippen molar-refractivity contribution in [2.45, 2.75) is 19.9 Å². The van der Waals surface area contributed by atoms with Crippen LogP contribution < -0.4 is 5.32 Å². The van der Waals surface area contributed by atoms with Crippen molar-refractivity contribution >= 4 is 5.91 Å². The Kier molecular flexibility index (Phi) is 2.02. The van der Waals surface area contributed by atoms with Crippen molar-refractivity contribution in [2.75, 3.05) is 0 Å². The van der Waals surface area contributed by atoms with E-state index in [0.717, 1.165) is 0 Å². The average Bonchev–Trinajstić information content (AvgIpc) is 2.46. The van der Waals surface area contributed by atoms with Gasteiger partial charge in [-0.3, -0.25) is 4.79 Å². The Hall–Kier alpha value is -1.38. The number of rotatable bonds is 1. The summed E-state index contributed by atoms with van der Waals surface area (Å²) in [6, 6.07) is 4.44. The molecule has 0 radical (unpaired) electrons. The molecular formula is C11H12FNO. The molecule has 14 heavy (non-hydrogen) atoms. The second-order valence-electron chi connectivity index (χ2n) is 3.90. The summed E-state index contributed by atoms with van der Waals surface area (Å²) in [7, 11) is 0. The van der Waals surface area contributed by atoms with Crippen LogP contribution in [0.25, 0.3) is 0 Å². The van der Waals surface area contributed by atoms with Gasteiger partial charge in [0.05, 0.1) is 6.04 Å². The van der Waals surface area contributed by atoms with Crippen molar-refractivity contribution in [1.82, 2.24) is 5.32 Å². The van der Waals surface area contributed by atoms with Crippen molar-refractivity contribution in [2.24, 2.45) is 5.92 Å². The van der Waals surface area contributed by atoms with Crippen LogP contribution in [0.5, 0.6) is 0 Å². The molecule has 1 aromatic rings. The third-order valence-electron chi connectivity index (χ3n) is 2.56. The van der Waals surface area contributed by atoms with Gasteiger partial charge in [0.15, 0.2) is 0 Å². The average molecular weight is 193 g/mol. The van der Waals surface area contributed by atoms with Gasteiger partial charge in [0.1, 0.15) is 5.82 Å². The molecule has 1 aliphatic rings. The van der Waals surface area contributed by atoms with Crippen molar-refractivity contribution in [1.29, 1.82) is 0 Å². The molecule has 0 aliphatic carbocycles. The summed E-state index contributed by atoms with van der Waals surface area (Å²) in [5.74, 6) is -0.255. The van der Waals surface area contributed by atoms with Gasteiger partial charge in [-0.05, 0) is 18.1 Å². The molecule has 1 amide bonds. The van der Waals surface area contributed by atoms with E-state index in [2.05, 4.69) is 5.32 Å². The Morgan fingerprint density at radius 1 is 1.43 bits per heavy atom. The van der Waals surface area contributed by atoms with Crippen LogP contribution in [0.4, 0.5) is 4.39 Å². The summed E-state index contributed by atoms with van der Waals surface area (Å²) >= 11 is 0. The molecule has 1 aromatic carbocycles. The van der Waals surface area contributed by atoms with Crippen molar-refractivity contribution in [3.8, 4) is 0 Å². The number of nitrogens with one attached hydrogen (secondary N) is 1. The lowest BCUT2D eigenvalue weighted by Gasteiger charge is -2.15. The summed E-state index contributed by atoms with van der Waals surface area (Å²) in [5, 5.41) is 2.78. The molecule has 0 spiro atoms. The normalized spacial score (nSPS) is 19.7. The topological polar surface area (TPSA) is 29.1 Å². The molecule has 1 unspecified atom stereocenters. The van der Waals surface area contributed by atoms with Gasteiger partial charge in [-0.1, -0.05) is 19.9 Å². The summed E-state index contributed by atoms with van der Waals surface area (Å²) < 4.78 is 13.5. The van der Waals surface area contributed by atoms with E-state index in [1.165, 1.54) is 6.07 Å². The van der Waals surface area contributed by atoms with Gasteiger partial charge in [-0.2, -0.15) is 0 Å². The van der Waals surface area contributed by atoms with E-state index in [-0.39, 0.29) is 23.7 Å². The predicted molar refractivity (Wildman–Crippen MR) is 51.4 cm³/mol. The highest BCUT2D eigenvalue weighted by Gasteiger charge is 2.32. The Morgan fingerprint density at radius 2 is 2.14 bits per heavy atom. The molecule has 2 nitrogen and oxygen atoms in total. The highest BCUT2D eigenvalue weighted by atomic mass is 19.1. The summed E-state index contributed by atoms with van der Waals surface area (Å²) in [6.45, 7) is 3.93. The Bertz CT molecular complexity index is 387. The first-order valence-corrected chi connectivity index (χ1v) is 4.70. The summed E-state index contributed by atoms with van der Waals surface area (Å²) in [4.78, 5) is 11.5. The number of benzene rings is 1. The lowest BCUT2D eigenvalue weighted by molar-refractivity contribution is 0.0949. The molecule has 0 aromatic heterocycles. The first kappa shape index (κ1) is 9.19. The molecule has 74 valence electrons. The molecule has 0 saturated carbocycles. The second kappa shape index (κ2) is 3.08. The Labute approximate surface area is 82.1 Å². The number of amides is 1. The lowest BCUT2D eigenvalue weighted by Crippen LogP contribution is -2.23. The fourth-order valence-corrected chi connectivity index (χ4v) is 1.84. The molecule has 0 saturated heterocycles. The molecule has 3 heteroatoms. The Balaban J connectivity index is 2.56. The molecule has 2 rings (SSSR count). The Morgan fingerprint density at radius 3 is 2.79 bits per heavy atom. The number of carbonyl (C=O) groups excluding carboxylic acids is 1. The van der Waals surface area contributed by atoms with E-state index >= 15 is 0 Å². The largest absolute Gasteiger partial charge is 0.345 e. The molecule has 1 N–H and O–H groups in total. The second-order valence-corrected chi connectivity index (χ2v) is 3.90. The molecule has 1 heterocycles. The number of carbonyl (C=O) groups is 1. The lowest BCUT2D eigenvalue weighted by atomic mass is 9.96. The van der Waals surface area contributed by atoms with E-state index in [4.69, 9.17) is 0 Å². The van der Waals surface area contributed by atoms with Crippen LogP contribution in [-0.2, 0) is 0 Å². The van der Waals surface area contributed by atoms with Gasteiger partial charge in [-0.25, -0.2) is 4.39 Å². The molecule has 1 atom stereocenters. The van der Waals surface area contributed by atoms with Gasteiger partial charge in [0.2, 0.25) is 0 Å². The summed E-state index contributed by atoms with van der Waals surface area (Å²) in [5.41, 5.74) is 0.996. The minimum atomic E-state index is -0.292. The highest BCUT2D eigenvalue weighted by Crippen LogP contribution is 2.32. The van der Waals surface area contributed by atoms with Gasteiger partial charge in [0, 0.05) is 11.1 Å². The minimum Gasteiger partial charge on any atom is -0.345 e. The summed E-state index contributed by atoms with van der Waals surface area (Å²) in [6.07, 6.45) is 0. The fraction of sp³-hybridized carbons (Fsp3) is 0.364. The quantitative estimate of drug-likeness (QED) is 0.728. The molecule has 0 fully saturated rings. The van der Waals surface area contributed by atoms with Gasteiger partial charge in [0.25, 0.3) is 5.91 Å². The maximum atomic E-state index is 13.5. The molecule has 1 aliphatic heterocycles. The zero-order valence-electron chi connectivity index (χ0n) is 8.17. The smallest absolute Gasteiger partial charge is 0.252 e. The van der Waals surface area contributed by atoms with Crippen molar-refractivity contribution in [3.05, 3.63) is 35.1 Å². The van der Waals surface area contributed by atoms with Crippen LogP contribution in [0, 0.1) is 11.7 Å². The number of hydrogen-bond acceptors (Lipinski definition) is 1. The first-order chi connectivity index (χ1) is 6.61. The monoisotopic (exact) mass is 193 g/mol. The van der Waals surface area contributed by atoms with Crippen LogP contribution in [0.3, 0.4) is 0 Å². The van der Waals surface area contributed by atoms with Gasteiger partial charge >= 0.3 is 0 Å². The van der Waals surface area contributed by atoms with Crippen LogP contribution in [0.1, 0.15) is 35.8 Å². The van der Waals surface area contributed by atoms with Crippen LogP contribution in [0.2, 0.25) is 0 Å². The molecule has 0 bridgehead atoms. The number of halogens is 1. The fourth-order valence-electron chi connectivity index (χ4n) is 1.84. The van der Waals surface area contributed by atoms with E-state index in [9.17, 15) is 9.18 Å². The third kappa shape index (κ3) is 1.20. The van der Waals surface area contributed by atoms with Crippen molar-refractivity contribution in [3.63, 3.8) is 0 Å². The van der Waals surface area contributed by atoms with Crippen molar-refractivity contribution < 1.29 is 9.18 Å². The maximum Gasteiger partial charge on any atom is 0.252 e.